The number of nitrogens with one attached hydrogen (secondary N) is 2. The van der Waals surface area contributed by atoms with Crippen LogP contribution in [-0.4, -0.2) is 32.5 Å². The van der Waals surface area contributed by atoms with E-state index in [-0.39, 0.29) is 29.5 Å². The summed E-state index contributed by atoms with van der Waals surface area (Å²) in [5, 5.41) is 12.0. The molecule has 3 N–H and O–H groups in total. The van der Waals surface area contributed by atoms with Crippen LogP contribution in [0.15, 0.2) is 29.2 Å². The number of carbonyl (C=O) groups is 1. The molecule has 0 bridgehead atoms. The number of amides is 1. The summed E-state index contributed by atoms with van der Waals surface area (Å²) >= 11 is 0. The van der Waals surface area contributed by atoms with Crippen LogP contribution in [0.4, 0.5) is 0 Å². The van der Waals surface area contributed by atoms with Crippen LogP contribution < -0.4 is 10.0 Å². The van der Waals surface area contributed by atoms with Gasteiger partial charge in [-0.3, -0.25) is 4.79 Å². The Morgan fingerprint density at radius 1 is 1.35 bits per heavy atom. The zero-order valence-corrected chi connectivity index (χ0v) is 12.4. The van der Waals surface area contributed by atoms with Crippen molar-refractivity contribution in [2.75, 3.05) is 13.1 Å². The molecule has 0 aliphatic rings. The molecule has 1 aromatic rings. The highest BCUT2D eigenvalue weighted by molar-refractivity contribution is 7.89. The van der Waals surface area contributed by atoms with Gasteiger partial charge in [-0.2, -0.15) is 0 Å². The van der Waals surface area contributed by atoms with E-state index in [9.17, 15) is 18.3 Å². The quantitative estimate of drug-likeness (QED) is 0.695. The highest BCUT2D eigenvalue weighted by Crippen LogP contribution is 2.15. The predicted octanol–water partition coefficient (Wildman–Crippen LogP) is 0.833. The first-order valence-electron chi connectivity index (χ1n) is 6.36. The van der Waals surface area contributed by atoms with Gasteiger partial charge < -0.3 is 10.4 Å². The fraction of sp³-hybridized carbons (Fsp3) is 0.462. The summed E-state index contributed by atoms with van der Waals surface area (Å²) in [7, 11) is -3.70. The topological polar surface area (TPSA) is 95.5 Å². The lowest BCUT2D eigenvalue weighted by Crippen LogP contribution is -2.32. The summed E-state index contributed by atoms with van der Waals surface area (Å²) < 4.78 is 26.1. The van der Waals surface area contributed by atoms with Crippen LogP contribution in [-0.2, 0) is 14.8 Å². The molecule has 0 aromatic heterocycles. The van der Waals surface area contributed by atoms with Gasteiger partial charge in [-0.25, -0.2) is 13.1 Å². The van der Waals surface area contributed by atoms with Gasteiger partial charge in [-0.05, 0) is 24.1 Å². The van der Waals surface area contributed by atoms with Crippen molar-refractivity contribution in [2.24, 2.45) is 5.92 Å². The van der Waals surface area contributed by atoms with Crippen molar-refractivity contribution in [3.8, 4) is 5.75 Å². The van der Waals surface area contributed by atoms with Gasteiger partial charge in [0.2, 0.25) is 15.9 Å². The number of rotatable bonds is 7. The van der Waals surface area contributed by atoms with Gasteiger partial charge in [0, 0.05) is 19.5 Å². The van der Waals surface area contributed by atoms with Crippen molar-refractivity contribution in [1.29, 1.82) is 0 Å². The molecule has 0 spiro atoms. The van der Waals surface area contributed by atoms with Gasteiger partial charge in [0.15, 0.2) is 0 Å². The van der Waals surface area contributed by atoms with Crippen LogP contribution in [0.5, 0.6) is 5.75 Å². The second-order valence-corrected chi connectivity index (χ2v) is 6.61. The molecule has 0 heterocycles. The zero-order chi connectivity index (χ0) is 15.2. The van der Waals surface area contributed by atoms with E-state index in [0.29, 0.717) is 12.5 Å². The Morgan fingerprint density at radius 3 is 2.65 bits per heavy atom. The van der Waals surface area contributed by atoms with Crippen LogP contribution in [0, 0.1) is 5.92 Å². The molecule has 0 aliphatic carbocycles. The molecular formula is C13H20N2O4S. The maximum Gasteiger partial charge on any atom is 0.240 e. The van der Waals surface area contributed by atoms with E-state index in [1.807, 2.05) is 13.8 Å². The van der Waals surface area contributed by atoms with Crippen molar-refractivity contribution in [1.82, 2.24) is 10.0 Å². The third-order valence-corrected chi connectivity index (χ3v) is 3.94. The Balaban J connectivity index is 2.47. The normalized spacial score (nSPS) is 11.6. The van der Waals surface area contributed by atoms with E-state index in [2.05, 4.69) is 10.0 Å². The van der Waals surface area contributed by atoms with Crippen LogP contribution in [0.2, 0.25) is 0 Å². The molecule has 0 unspecified atom stereocenters. The van der Waals surface area contributed by atoms with Crippen LogP contribution >= 0.6 is 0 Å². The van der Waals surface area contributed by atoms with Crippen molar-refractivity contribution in [3.05, 3.63) is 24.3 Å². The molecule has 0 saturated carbocycles. The summed E-state index contributed by atoms with van der Waals surface area (Å²) in [6, 6.07) is 5.36. The van der Waals surface area contributed by atoms with Crippen molar-refractivity contribution in [3.63, 3.8) is 0 Å². The minimum atomic E-state index is -3.70. The van der Waals surface area contributed by atoms with Crippen LogP contribution in [0.25, 0.3) is 0 Å². The van der Waals surface area contributed by atoms with Gasteiger partial charge in [-0.1, -0.05) is 19.9 Å². The molecule has 0 fully saturated rings. The molecule has 112 valence electrons. The molecule has 0 saturated heterocycles. The largest absolute Gasteiger partial charge is 0.508 e. The number of phenols is 1. The maximum atomic E-state index is 11.9. The lowest BCUT2D eigenvalue weighted by molar-refractivity contribution is -0.121. The second kappa shape index (κ2) is 7.25. The number of aromatic hydroxyl groups is 1. The van der Waals surface area contributed by atoms with Crippen LogP contribution in [0.1, 0.15) is 20.3 Å². The minimum absolute atomic E-state index is 0.0158. The first-order chi connectivity index (χ1) is 9.31. The van der Waals surface area contributed by atoms with E-state index in [0.717, 1.165) is 6.07 Å². The molecule has 1 amide bonds. The lowest BCUT2D eigenvalue weighted by Gasteiger charge is -2.09. The van der Waals surface area contributed by atoms with Crippen molar-refractivity contribution in [2.45, 2.75) is 25.2 Å². The lowest BCUT2D eigenvalue weighted by atomic mass is 10.2. The SMILES string of the molecule is CC(C)CNC(=O)CCNS(=O)(=O)c1cccc(O)c1. The number of hydrogen-bond acceptors (Lipinski definition) is 4. The summed E-state index contributed by atoms with van der Waals surface area (Å²) in [4.78, 5) is 11.4. The Labute approximate surface area is 119 Å². The number of sulfonamides is 1. The molecular weight excluding hydrogens is 280 g/mol. The number of benzene rings is 1. The van der Waals surface area contributed by atoms with Crippen molar-refractivity contribution >= 4 is 15.9 Å². The highest BCUT2D eigenvalue weighted by atomic mass is 32.2. The molecule has 20 heavy (non-hydrogen) atoms. The fourth-order valence-electron chi connectivity index (χ4n) is 1.44. The van der Waals surface area contributed by atoms with E-state index in [1.54, 1.807) is 0 Å². The molecule has 1 aromatic carbocycles. The van der Waals surface area contributed by atoms with Gasteiger partial charge >= 0.3 is 0 Å². The zero-order valence-electron chi connectivity index (χ0n) is 11.6. The Bertz CT molecular complexity index is 555. The summed E-state index contributed by atoms with van der Waals surface area (Å²) in [6.07, 6.45) is 0.0742. The van der Waals surface area contributed by atoms with E-state index in [1.165, 1.54) is 18.2 Å². The minimum Gasteiger partial charge on any atom is -0.508 e. The average molecular weight is 300 g/mol. The Morgan fingerprint density at radius 2 is 2.05 bits per heavy atom. The third kappa shape index (κ3) is 5.58. The Kier molecular flexibility index (Phi) is 5.97. The summed E-state index contributed by atoms with van der Waals surface area (Å²) in [5.41, 5.74) is 0. The third-order valence-electron chi connectivity index (χ3n) is 2.48. The van der Waals surface area contributed by atoms with Crippen LogP contribution in [0.3, 0.4) is 0 Å². The molecule has 6 nitrogen and oxygen atoms in total. The molecule has 0 atom stereocenters. The summed E-state index contributed by atoms with van der Waals surface area (Å²) in [6.45, 7) is 4.54. The predicted molar refractivity (Wildman–Crippen MR) is 75.8 cm³/mol. The first-order valence-corrected chi connectivity index (χ1v) is 7.85. The van der Waals surface area contributed by atoms with Gasteiger partial charge in [-0.15, -0.1) is 0 Å². The molecule has 7 heteroatoms. The fourth-order valence-corrected chi connectivity index (χ4v) is 2.51. The van der Waals surface area contributed by atoms with Gasteiger partial charge in [0.25, 0.3) is 0 Å². The average Bonchev–Trinajstić information content (AvgIpc) is 2.36. The number of phenolic OH excluding ortho intramolecular Hbond substituents is 1. The maximum absolute atomic E-state index is 11.9. The van der Waals surface area contributed by atoms with E-state index >= 15 is 0 Å². The molecule has 1 rings (SSSR count). The van der Waals surface area contributed by atoms with Gasteiger partial charge in [0.1, 0.15) is 5.75 Å². The molecule has 0 aliphatic heterocycles. The van der Waals surface area contributed by atoms with E-state index in [4.69, 9.17) is 0 Å². The highest BCUT2D eigenvalue weighted by Gasteiger charge is 2.14. The first kappa shape index (κ1) is 16.5. The monoisotopic (exact) mass is 300 g/mol. The summed E-state index contributed by atoms with van der Waals surface area (Å²) in [5.74, 6) is 0.0304. The Hall–Kier alpha value is -1.60. The molecule has 0 radical (unpaired) electrons. The van der Waals surface area contributed by atoms with Crippen molar-refractivity contribution < 1.29 is 18.3 Å². The smallest absolute Gasteiger partial charge is 0.240 e. The number of hydrogen-bond donors (Lipinski definition) is 3. The standard InChI is InChI=1S/C13H20N2O4S/c1-10(2)9-14-13(17)6-7-15-20(18,19)12-5-3-4-11(16)8-12/h3-5,8,10,15-16H,6-7,9H2,1-2H3,(H,14,17). The second-order valence-electron chi connectivity index (χ2n) is 4.84. The number of carbonyl (C=O) groups excluding carboxylic acids is 1. The van der Waals surface area contributed by atoms with E-state index < -0.39 is 10.0 Å². The van der Waals surface area contributed by atoms with Gasteiger partial charge in [0.05, 0.1) is 4.90 Å².